The van der Waals surface area contributed by atoms with E-state index in [1.54, 1.807) is 24.3 Å². The second kappa shape index (κ2) is 6.01. The Morgan fingerprint density at radius 1 is 1.08 bits per heavy atom. The lowest BCUT2D eigenvalue weighted by atomic mass is 10.1. The fourth-order valence-electron chi connectivity index (χ4n) is 2.45. The van der Waals surface area contributed by atoms with E-state index in [0.717, 1.165) is 5.56 Å². The summed E-state index contributed by atoms with van der Waals surface area (Å²) >= 11 is 0. The highest BCUT2D eigenvalue weighted by molar-refractivity contribution is 7.91. The Morgan fingerprint density at radius 2 is 1.79 bits per heavy atom. The number of nitrogens with one attached hydrogen (secondary N) is 2. The largest absolute Gasteiger partial charge is 0.504 e. The number of amides is 2. The van der Waals surface area contributed by atoms with Gasteiger partial charge in [0.1, 0.15) is 4.90 Å². The van der Waals surface area contributed by atoms with Crippen LogP contribution in [0.25, 0.3) is 6.08 Å². The molecule has 2 aromatic rings. The van der Waals surface area contributed by atoms with Crippen molar-refractivity contribution in [2.24, 2.45) is 0 Å². The first-order valence-electron chi connectivity index (χ1n) is 7.27. The summed E-state index contributed by atoms with van der Waals surface area (Å²) < 4.78 is 24.2. The van der Waals surface area contributed by atoms with Gasteiger partial charge in [-0.3, -0.25) is 0 Å². The Morgan fingerprint density at radius 3 is 2.50 bits per heavy atom. The van der Waals surface area contributed by atoms with Crippen molar-refractivity contribution in [1.82, 2.24) is 0 Å². The topological polar surface area (TPSA) is 95.5 Å². The van der Waals surface area contributed by atoms with Gasteiger partial charge in [0, 0.05) is 5.69 Å². The van der Waals surface area contributed by atoms with Crippen LogP contribution in [0, 0.1) is 6.92 Å². The van der Waals surface area contributed by atoms with Crippen LogP contribution in [0.1, 0.15) is 11.1 Å². The van der Waals surface area contributed by atoms with Gasteiger partial charge in [-0.2, -0.15) is 0 Å². The fourth-order valence-corrected chi connectivity index (χ4v) is 3.87. The molecule has 3 rings (SSSR count). The number of aromatic hydroxyl groups is 1. The maximum absolute atomic E-state index is 12.1. The van der Waals surface area contributed by atoms with Gasteiger partial charge in [0.2, 0.25) is 0 Å². The van der Waals surface area contributed by atoms with Gasteiger partial charge in [0.15, 0.2) is 15.6 Å². The number of benzene rings is 2. The molecule has 0 bridgehead atoms. The molecular weight excluding hydrogens is 328 g/mol. The van der Waals surface area contributed by atoms with E-state index in [-0.39, 0.29) is 16.3 Å². The maximum atomic E-state index is 12.1. The SMILES string of the molecule is Cc1ccc(NC(=O)Nc2ccc3c(c2O)S(=O)(=O)CC=C3)cc1. The average molecular weight is 344 g/mol. The molecule has 24 heavy (non-hydrogen) atoms. The summed E-state index contributed by atoms with van der Waals surface area (Å²) in [5.41, 5.74) is 2.10. The molecule has 2 aromatic carbocycles. The van der Waals surface area contributed by atoms with E-state index in [4.69, 9.17) is 0 Å². The molecule has 7 heteroatoms. The van der Waals surface area contributed by atoms with Crippen molar-refractivity contribution >= 4 is 33.3 Å². The van der Waals surface area contributed by atoms with Crippen LogP contribution < -0.4 is 10.6 Å². The monoisotopic (exact) mass is 344 g/mol. The Balaban J connectivity index is 1.85. The molecule has 0 unspecified atom stereocenters. The minimum Gasteiger partial charge on any atom is -0.504 e. The van der Waals surface area contributed by atoms with Crippen molar-refractivity contribution in [3.05, 3.63) is 53.6 Å². The number of hydrogen-bond donors (Lipinski definition) is 3. The van der Waals surface area contributed by atoms with Gasteiger partial charge in [-0.25, -0.2) is 13.2 Å². The summed E-state index contributed by atoms with van der Waals surface area (Å²) in [6, 6.07) is 9.64. The zero-order valence-corrected chi connectivity index (χ0v) is 13.7. The summed E-state index contributed by atoms with van der Waals surface area (Å²) in [5, 5.41) is 15.4. The minimum absolute atomic E-state index is 0.0391. The Hall–Kier alpha value is -2.80. The summed E-state index contributed by atoms with van der Waals surface area (Å²) in [5.74, 6) is -0.622. The van der Waals surface area contributed by atoms with E-state index in [9.17, 15) is 18.3 Å². The Labute approximate surface area is 139 Å². The van der Waals surface area contributed by atoms with E-state index in [1.807, 2.05) is 19.1 Å². The predicted octanol–water partition coefficient (Wildman–Crippen LogP) is 3.15. The molecule has 0 fully saturated rings. The predicted molar refractivity (Wildman–Crippen MR) is 93.0 cm³/mol. The van der Waals surface area contributed by atoms with Crippen LogP contribution >= 0.6 is 0 Å². The Bertz CT molecular complexity index is 932. The number of carbonyl (C=O) groups is 1. The van der Waals surface area contributed by atoms with Crippen molar-refractivity contribution in [2.45, 2.75) is 11.8 Å². The maximum Gasteiger partial charge on any atom is 0.323 e. The first kappa shape index (κ1) is 16.1. The molecule has 1 aliphatic rings. The van der Waals surface area contributed by atoms with E-state index in [0.29, 0.717) is 11.3 Å². The number of carbonyl (C=O) groups excluding carboxylic acids is 1. The van der Waals surface area contributed by atoms with E-state index in [1.165, 1.54) is 12.1 Å². The van der Waals surface area contributed by atoms with Gasteiger partial charge in [0.05, 0.1) is 11.4 Å². The molecule has 2 amide bonds. The standard InChI is InChI=1S/C17H16N2O4S/c1-11-4-7-13(8-5-11)18-17(21)19-14-9-6-12-3-2-10-24(22,23)16(12)15(14)20/h2-9,20H,10H2,1H3,(H2,18,19,21). The molecule has 0 saturated carbocycles. The van der Waals surface area contributed by atoms with Crippen molar-refractivity contribution in [1.29, 1.82) is 0 Å². The van der Waals surface area contributed by atoms with Crippen LogP contribution in [0.15, 0.2) is 47.4 Å². The van der Waals surface area contributed by atoms with Gasteiger partial charge < -0.3 is 15.7 Å². The van der Waals surface area contributed by atoms with Crippen LogP contribution in [0.2, 0.25) is 0 Å². The summed E-state index contributed by atoms with van der Waals surface area (Å²) in [7, 11) is -3.60. The van der Waals surface area contributed by atoms with Crippen molar-refractivity contribution < 1.29 is 18.3 Å². The minimum atomic E-state index is -3.60. The third-order valence-electron chi connectivity index (χ3n) is 3.64. The fraction of sp³-hybridized carbons (Fsp3) is 0.118. The molecule has 6 nitrogen and oxygen atoms in total. The lowest BCUT2D eigenvalue weighted by molar-refractivity contribution is 0.262. The van der Waals surface area contributed by atoms with Gasteiger partial charge in [-0.1, -0.05) is 35.9 Å². The number of phenols is 1. The van der Waals surface area contributed by atoms with Crippen LogP contribution in [0.5, 0.6) is 5.75 Å². The average Bonchev–Trinajstić information content (AvgIpc) is 2.51. The van der Waals surface area contributed by atoms with E-state index >= 15 is 0 Å². The first-order chi connectivity index (χ1) is 11.4. The van der Waals surface area contributed by atoms with Crippen LogP contribution in [0.4, 0.5) is 16.2 Å². The van der Waals surface area contributed by atoms with E-state index in [2.05, 4.69) is 10.6 Å². The molecule has 0 aromatic heterocycles. The second-order valence-electron chi connectivity index (χ2n) is 5.51. The lowest BCUT2D eigenvalue weighted by Gasteiger charge is -2.16. The highest BCUT2D eigenvalue weighted by Gasteiger charge is 2.26. The molecule has 0 spiro atoms. The number of rotatable bonds is 2. The smallest absolute Gasteiger partial charge is 0.323 e. The first-order valence-corrected chi connectivity index (χ1v) is 8.92. The highest BCUT2D eigenvalue weighted by atomic mass is 32.2. The molecule has 0 saturated heterocycles. The molecule has 0 aliphatic carbocycles. The van der Waals surface area contributed by atoms with Gasteiger partial charge in [-0.15, -0.1) is 0 Å². The van der Waals surface area contributed by atoms with Crippen molar-refractivity contribution in [3.8, 4) is 5.75 Å². The molecule has 1 aliphatic heterocycles. The van der Waals surface area contributed by atoms with Crippen LogP contribution in [-0.2, 0) is 9.84 Å². The van der Waals surface area contributed by atoms with E-state index < -0.39 is 21.6 Å². The molecule has 3 N–H and O–H groups in total. The Kier molecular flexibility index (Phi) is 4.02. The lowest BCUT2D eigenvalue weighted by Crippen LogP contribution is -2.20. The van der Waals surface area contributed by atoms with Gasteiger partial charge in [0.25, 0.3) is 0 Å². The zero-order valence-electron chi connectivity index (χ0n) is 12.9. The van der Waals surface area contributed by atoms with Gasteiger partial charge >= 0.3 is 6.03 Å². The number of fused-ring (bicyclic) bond motifs is 1. The number of urea groups is 1. The summed E-state index contributed by atoms with van der Waals surface area (Å²) in [6.45, 7) is 1.93. The highest BCUT2D eigenvalue weighted by Crippen LogP contribution is 2.37. The molecule has 1 heterocycles. The summed E-state index contributed by atoms with van der Waals surface area (Å²) in [6.07, 6.45) is 3.15. The molecule has 0 atom stereocenters. The van der Waals surface area contributed by atoms with Gasteiger partial charge in [-0.05, 0) is 30.7 Å². The number of phenolic OH excluding ortho intramolecular Hbond substituents is 1. The van der Waals surface area contributed by atoms with Crippen molar-refractivity contribution in [2.75, 3.05) is 16.4 Å². The number of anilines is 2. The van der Waals surface area contributed by atoms with Crippen LogP contribution in [0.3, 0.4) is 0 Å². The number of sulfone groups is 1. The molecule has 124 valence electrons. The third kappa shape index (κ3) is 3.11. The quantitative estimate of drug-likeness (QED) is 0.729. The molecular formula is C17H16N2O4S. The third-order valence-corrected chi connectivity index (χ3v) is 5.33. The number of aryl methyl sites for hydroxylation is 1. The zero-order chi connectivity index (χ0) is 17.3. The molecule has 0 radical (unpaired) electrons. The van der Waals surface area contributed by atoms with Crippen molar-refractivity contribution in [3.63, 3.8) is 0 Å². The normalized spacial score (nSPS) is 14.7. The van der Waals surface area contributed by atoms with Crippen LogP contribution in [-0.4, -0.2) is 25.3 Å². The second-order valence-corrected chi connectivity index (χ2v) is 7.48. The summed E-state index contributed by atoms with van der Waals surface area (Å²) in [4.78, 5) is 11.9. The number of hydrogen-bond acceptors (Lipinski definition) is 4.